The smallest absolute Gasteiger partial charge is 0.118 e. The number of rotatable bonds is 18. The van der Waals surface area contributed by atoms with Gasteiger partial charge in [0.1, 0.15) is 11.5 Å². The topological polar surface area (TPSA) is 40.5 Å². The van der Waals surface area contributed by atoms with Crippen LogP contribution in [0.1, 0.15) is 137 Å². The summed E-state index contributed by atoms with van der Waals surface area (Å²) in [5.41, 5.74) is 7.22. The Balaban J connectivity index is 2.08. The molecule has 0 atom stereocenters. The fourth-order valence-corrected chi connectivity index (χ4v) is 5.28. The van der Waals surface area contributed by atoms with Gasteiger partial charge in [0.25, 0.3) is 0 Å². The zero-order chi connectivity index (χ0) is 25.5. The molecule has 2 aromatic carbocycles. The van der Waals surface area contributed by atoms with Crippen molar-refractivity contribution in [2.75, 3.05) is 0 Å². The minimum absolute atomic E-state index is 0.384. The first kappa shape index (κ1) is 29.3. The fraction of sp³-hybridized carbons (Fsp3) is 0.636. The molecular weight excluding hydrogens is 428 g/mol. The molecule has 0 bridgehead atoms. The summed E-state index contributed by atoms with van der Waals surface area (Å²) in [7, 11) is 0. The summed E-state index contributed by atoms with van der Waals surface area (Å²) in [5, 5.41) is 21.0. The molecular formula is C33H52O2. The molecule has 2 aromatic rings. The van der Waals surface area contributed by atoms with Gasteiger partial charge in [-0.2, -0.15) is 0 Å². The second-order valence-corrected chi connectivity index (χ2v) is 10.6. The number of phenolic OH excluding ortho intramolecular Hbond substituents is 2. The lowest BCUT2D eigenvalue weighted by Gasteiger charge is -2.19. The lowest BCUT2D eigenvalue weighted by Crippen LogP contribution is -2.05. The standard InChI is InChI=1S/C33H52O2/c1-5-7-9-11-13-15-17-19-28-21-23-32(34)26(3)30(28)25-31-27(4)33(35)24-22-29(31)20-18-16-14-12-10-8-6-2/h21-24,34-35H,5-20,25H2,1-4H3. The van der Waals surface area contributed by atoms with E-state index in [1.165, 1.54) is 112 Å². The van der Waals surface area contributed by atoms with Gasteiger partial charge in [0, 0.05) is 0 Å². The van der Waals surface area contributed by atoms with Crippen molar-refractivity contribution < 1.29 is 10.2 Å². The quantitative estimate of drug-likeness (QED) is 0.208. The number of aryl methyl sites for hydroxylation is 2. The molecule has 0 heterocycles. The predicted molar refractivity (Wildman–Crippen MR) is 152 cm³/mol. The van der Waals surface area contributed by atoms with Crippen LogP contribution in [0.25, 0.3) is 0 Å². The minimum Gasteiger partial charge on any atom is -0.508 e. The molecule has 2 heteroatoms. The summed E-state index contributed by atoms with van der Waals surface area (Å²) < 4.78 is 0. The van der Waals surface area contributed by atoms with E-state index in [2.05, 4.69) is 26.0 Å². The molecule has 0 radical (unpaired) electrons. The molecule has 0 unspecified atom stereocenters. The van der Waals surface area contributed by atoms with Crippen LogP contribution >= 0.6 is 0 Å². The van der Waals surface area contributed by atoms with Gasteiger partial charge in [0.15, 0.2) is 0 Å². The number of phenols is 2. The highest BCUT2D eigenvalue weighted by molar-refractivity contribution is 5.51. The van der Waals surface area contributed by atoms with Crippen molar-refractivity contribution in [1.29, 1.82) is 0 Å². The molecule has 0 aliphatic carbocycles. The number of hydrogen-bond acceptors (Lipinski definition) is 2. The summed E-state index contributed by atoms with van der Waals surface area (Å²) >= 11 is 0. The molecule has 35 heavy (non-hydrogen) atoms. The Morgan fingerprint density at radius 3 is 1.20 bits per heavy atom. The molecule has 0 aliphatic rings. The fourth-order valence-electron chi connectivity index (χ4n) is 5.28. The first-order chi connectivity index (χ1) is 17.0. The number of benzene rings is 2. The zero-order valence-electron chi connectivity index (χ0n) is 23.2. The molecule has 0 saturated carbocycles. The van der Waals surface area contributed by atoms with Crippen molar-refractivity contribution in [3.8, 4) is 11.5 Å². The highest BCUT2D eigenvalue weighted by Crippen LogP contribution is 2.32. The minimum atomic E-state index is 0.384. The number of unbranched alkanes of at least 4 members (excludes halogenated alkanes) is 12. The number of aromatic hydroxyl groups is 2. The summed E-state index contributed by atoms with van der Waals surface area (Å²) in [5.74, 6) is 0.768. The van der Waals surface area contributed by atoms with Gasteiger partial charge in [-0.25, -0.2) is 0 Å². The second-order valence-electron chi connectivity index (χ2n) is 10.6. The average Bonchev–Trinajstić information content (AvgIpc) is 2.85. The molecule has 0 amide bonds. The van der Waals surface area contributed by atoms with Gasteiger partial charge >= 0.3 is 0 Å². The Kier molecular flexibility index (Phi) is 13.9. The van der Waals surface area contributed by atoms with E-state index in [-0.39, 0.29) is 0 Å². The van der Waals surface area contributed by atoms with Crippen LogP contribution < -0.4 is 0 Å². The summed E-state index contributed by atoms with van der Waals surface area (Å²) in [4.78, 5) is 0. The molecule has 2 rings (SSSR count). The monoisotopic (exact) mass is 480 g/mol. The second kappa shape index (κ2) is 16.7. The maximum atomic E-state index is 10.5. The van der Waals surface area contributed by atoms with Crippen molar-refractivity contribution in [3.05, 3.63) is 57.6 Å². The summed E-state index contributed by atoms with van der Waals surface area (Å²) in [6.45, 7) is 8.63. The van der Waals surface area contributed by atoms with Gasteiger partial charge in [-0.05, 0) is 91.5 Å². The first-order valence-electron chi connectivity index (χ1n) is 14.6. The van der Waals surface area contributed by atoms with E-state index in [9.17, 15) is 10.2 Å². The maximum Gasteiger partial charge on any atom is 0.118 e. The van der Waals surface area contributed by atoms with Crippen LogP contribution in [0.2, 0.25) is 0 Å². The molecule has 0 aromatic heterocycles. The van der Waals surface area contributed by atoms with Gasteiger partial charge in [-0.1, -0.05) is 103 Å². The van der Waals surface area contributed by atoms with Crippen LogP contribution in [0, 0.1) is 13.8 Å². The summed E-state index contributed by atoms with van der Waals surface area (Å²) in [6, 6.07) is 7.99. The maximum absolute atomic E-state index is 10.5. The van der Waals surface area contributed by atoms with Crippen molar-refractivity contribution in [2.45, 2.75) is 137 Å². The molecule has 0 spiro atoms. The first-order valence-corrected chi connectivity index (χ1v) is 14.6. The van der Waals surface area contributed by atoms with Gasteiger partial charge < -0.3 is 10.2 Å². The lowest BCUT2D eigenvalue weighted by molar-refractivity contribution is 0.469. The Morgan fingerprint density at radius 2 is 0.829 bits per heavy atom. The molecule has 2 nitrogen and oxygen atoms in total. The zero-order valence-corrected chi connectivity index (χ0v) is 23.2. The normalized spacial score (nSPS) is 11.3. The van der Waals surface area contributed by atoms with Crippen LogP contribution in [0.4, 0.5) is 0 Å². The van der Waals surface area contributed by atoms with E-state index in [0.717, 1.165) is 30.4 Å². The Labute approximate surface area is 216 Å². The van der Waals surface area contributed by atoms with E-state index in [4.69, 9.17) is 0 Å². The van der Waals surface area contributed by atoms with E-state index < -0.39 is 0 Å². The SMILES string of the molecule is CCCCCCCCCc1ccc(O)c(C)c1Cc1c(CCCCCCCCC)ccc(O)c1C. The average molecular weight is 481 g/mol. The molecule has 0 fully saturated rings. The van der Waals surface area contributed by atoms with Crippen LogP contribution in [0.15, 0.2) is 24.3 Å². The van der Waals surface area contributed by atoms with E-state index in [1.54, 1.807) is 0 Å². The van der Waals surface area contributed by atoms with Gasteiger partial charge in [0.2, 0.25) is 0 Å². The third kappa shape index (κ3) is 9.90. The van der Waals surface area contributed by atoms with Crippen LogP contribution in [0.3, 0.4) is 0 Å². The van der Waals surface area contributed by atoms with Crippen LogP contribution in [-0.4, -0.2) is 10.2 Å². The summed E-state index contributed by atoms with van der Waals surface area (Å²) in [6.07, 6.45) is 21.2. The van der Waals surface area contributed by atoms with Crippen molar-refractivity contribution >= 4 is 0 Å². The van der Waals surface area contributed by atoms with E-state index in [0.29, 0.717) is 11.5 Å². The van der Waals surface area contributed by atoms with Gasteiger partial charge in [-0.3, -0.25) is 0 Å². The third-order valence-electron chi connectivity index (χ3n) is 7.79. The molecule has 196 valence electrons. The largest absolute Gasteiger partial charge is 0.508 e. The number of hydrogen-bond donors (Lipinski definition) is 2. The third-order valence-corrected chi connectivity index (χ3v) is 7.79. The van der Waals surface area contributed by atoms with Crippen molar-refractivity contribution in [3.63, 3.8) is 0 Å². The highest BCUT2D eigenvalue weighted by atomic mass is 16.3. The van der Waals surface area contributed by atoms with Crippen LogP contribution in [-0.2, 0) is 19.3 Å². The van der Waals surface area contributed by atoms with E-state index in [1.807, 2.05) is 26.0 Å². The highest BCUT2D eigenvalue weighted by Gasteiger charge is 2.16. The molecule has 0 aliphatic heterocycles. The Hall–Kier alpha value is -1.96. The van der Waals surface area contributed by atoms with Crippen molar-refractivity contribution in [1.82, 2.24) is 0 Å². The lowest BCUT2D eigenvalue weighted by atomic mass is 9.87. The van der Waals surface area contributed by atoms with E-state index >= 15 is 0 Å². The Bertz CT molecular complexity index is 796. The van der Waals surface area contributed by atoms with Gasteiger partial charge in [-0.15, -0.1) is 0 Å². The predicted octanol–water partition coefficient (Wildman–Crippen LogP) is 9.89. The molecule has 0 saturated heterocycles. The van der Waals surface area contributed by atoms with Crippen LogP contribution in [0.5, 0.6) is 11.5 Å². The van der Waals surface area contributed by atoms with Gasteiger partial charge in [0.05, 0.1) is 0 Å². The molecule has 2 N–H and O–H groups in total. The Morgan fingerprint density at radius 1 is 0.486 bits per heavy atom. The van der Waals surface area contributed by atoms with Crippen molar-refractivity contribution in [2.24, 2.45) is 0 Å².